The van der Waals surface area contributed by atoms with Gasteiger partial charge in [0, 0.05) is 23.7 Å². The number of nitrogens with zero attached hydrogens (tertiary/aromatic N) is 4. The second-order valence-electron chi connectivity index (χ2n) is 7.70. The number of halogens is 2. The van der Waals surface area contributed by atoms with E-state index in [0.717, 1.165) is 31.2 Å². The van der Waals surface area contributed by atoms with Crippen LogP contribution in [0.4, 0.5) is 14.5 Å². The number of aryl methyl sites for hydroxylation is 1. The summed E-state index contributed by atoms with van der Waals surface area (Å²) < 4.78 is 28.4. The highest BCUT2D eigenvalue weighted by Crippen LogP contribution is 2.37. The van der Waals surface area contributed by atoms with Gasteiger partial charge in [-0.25, -0.2) is 13.8 Å². The van der Waals surface area contributed by atoms with Crippen LogP contribution in [0.2, 0.25) is 0 Å². The number of hydrogen-bond acceptors (Lipinski definition) is 6. The minimum Gasteiger partial charge on any atom is -0.343 e. The van der Waals surface area contributed by atoms with Crippen LogP contribution in [-0.4, -0.2) is 38.6 Å². The van der Waals surface area contributed by atoms with Crippen LogP contribution in [-0.2, 0) is 6.54 Å². The van der Waals surface area contributed by atoms with Crippen LogP contribution in [0.5, 0.6) is 0 Å². The number of aromatic nitrogens is 3. The van der Waals surface area contributed by atoms with E-state index in [9.17, 15) is 13.6 Å². The first-order chi connectivity index (χ1) is 15.4. The lowest BCUT2D eigenvalue weighted by Crippen LogP contribution is -2.40. The number of nitrogens with one attached hydrogen (secondary N) is 3. The summed E-state index contributed by atoms with van der Waals surface area (Å²) in [6, 6.07) is 7.17. The summed E-state index contributed by atoms with van der Waals surface area (Å²) in [6.45, 7) is 2.22. The molecule has 0 unspecified atom stereocenters. The molecule has 0 saturated heterocycles. The normalized spacial score (nSPS) is 14.3. The Labute approximate surface area is 182 Å². The maximum Gasteiger partial charge on any atom is 0.272 e. The van der Waals surface area contributed by atoms with Gasteiger partial charge in [0.05, 0.1) is 30.2 Å². The molecular formula is C22H21F2N7O. The zero-order valence-corrected chi connectivity index (χ0v) is 17.3. The number of pyridine rings is 1. The topological polar surface area (TPSA) is 108 Å². The molecule has 1 aliphatic rings. The summed E-state index contributed by atoms with van der Waals surface area (Å²) in [7, 11) is 0. The zero-order chi connectivity index (χ0) is 22.7. The molecule has 1 amide bonds. The third-order valence-electron chi connectivity index (χ3n) is 5.17. The van der Waals surface area contributed by atoms with Crippen molar-refractivity contribution in [1.29, 1.82) is 5.41 Å². The second-order valence-corrected chi connectivity index (χ2v) is 7.70. The highest BCUT2D eigenvalue weighted by Gasteiger charge is 2.45. The van der Waals surface area contributed by atoms with Gasteiger partial charge in [-0.15, -0.1) is 0 Å². The van der Waals surface area contributed by atoms with Gasteiger partial charge < -0.3 is 10.7 Å². The first-order valence-electron chi connectivity index (χ1n) is 9.95. The van der Waals surface area contributed by atoms with Gasteiger partial charge in [0.2, 0.25) is 0 Å². The largest absolute Gasteiger partial charge is 0.343 e. The third kappa shape index (κ3) is 4.69. The van der Waals surface area contributed by atoms with Gasteiger partial charge in [-0.3, -0.25) is 14.9 Å². The SMILES string of the molecule is Cc1ccc(N/N=C\C=N)c(C(=O)NC2(Cn3cc(-c4ccc(F)c(F)c4)cn3)CC2)n1. The lowest BCUT2D eigenvalue weighted by molar-refractivity contribution is 0.0921. The quantitative estimate of drug-likeness (QED) is 0.370. The van der Waals surface area contributed by atoms with Crippen molar-refractivity contribution in [2.24, 2.45) is 5.10 Å². The van der Waals surface area contributed by atoms with E-state index in [1.807, 2.05) is 0 Å². The molecule has 0 aliphatic heterocycles. The number of carbonyl (C=O) groups is 1. The van der Waals surface area contributed by atoms with Crippen molar-refractivity contribution < 1.29 is 13.6 Å². The lowest BCUT2D eigenvalue weighted by Gasteiger charge is -2.18. The molecule has 4 rings (SSSR count). The summed E-state index contributed by atoms with van der Waals surface area (Å²) in [5, 5.41) is 18.2. The second kappa shape index (κ2) is 8.66. The number of anilines is 1. The molecule has 2 aromatic heterocycles. The Morgan fingerprint density at radius 1 is 1.25 bits per heavy atom. The average molecular weight is 437 g/mol. The van der Waals surface area contributed by atoms with E-state index < -0.39 is 17.2 Å². The Morgan fingerprint density at radius 3 is 2.78 bits per heavy atom. The highest BCUT2D eigenvalue weighted by atomic mass is 19.2. The number of amides is 1. The van der Waals surface area contributed by atoms with Crippen LogP contribution < -0.4 is 10.7 Å². The average Bonchev–Trinajstić information content (AvgIpc) is 3.35. The Bertz CT molecular complexity index is 1200. The van der Waals surface area contributed by atoms with Crippen LogP contribution >= 0.6 is 0 Å². The van der Waals surface area contributed by atoms with Crippen molar-refractivity contribution in [2.45, 2.75) is 31.8 Å². The minimum absolute atomic E-state index is 0.210. The van der Waals surface area contributed by atoms with Crippen molar-refractivity contribution in [1.82, 2.24) is 20.1 Å². The molecule has 2 heterocycles. The maximum absolute atomic E-state index is 13.5. The van der Waals surface area contributed by atoms with Gasteiger partial charge in [-0.05, 0) is 49.6 Å². The third-order valence-corrected chi connectivity index (χ3v) is 5.17. The summed E-state index contributed by atoms with van der Waals surface area (Å²) >= 11 is 0. The highest BCUT2D eigenvalue weighted by molar-refractivity contribution is 6.14. The van der Waals surface area contributed by atoms with Gasteiger partial charge in [0.1, 0.15) is 0 Å². The van der Waals surface area contributed by atoms with Crippen LogP contribution in [0.3, 0.4) is 0 Å². The molecule has 0 bridgehead atoms. The van der Waals surface area contributed by atoms with Crippen molar-refractivity contribution in [3.63, 3.8) is 0 Å². The summed E-state index contributed by atoms with van der Waals surface area (Å²) in [5.74, 6) is -2.16. The summed E-state index contributed by atoms with van der Waals surface area (Å²) in [6.07, 6.45) is 7.15. The Balaban J connectivity index is 1.48. The molecule has 1 fully saturated rings. The predicted octanol–water partition coefficient (Wildman–Crippen LogP) is 3.54. The molecule has 0 radical (unpaired) electrons. The van der Waals surface area contributed by atoms with Crippen LogP contribution in [0.15, 0.2) is 47.8 Å². The fourth-order valence-electron chi connectivity index (χ4n) is 3.32. The Hall–Kier alpha value is -3.95. The number of rotatable bonds is 8. The van der Waals surface area contributed by atoms with E-state index in [0.29, 0.717) is 29.1 Å². The van der Waals surface area contributed by atoms with Gasteiger partial charge in [0.25, 0.3) is 5.91 Å². The van der Waals surface area contributed by atoms with Crippen LogP contribution in [0, 0.1) is 24.0 Å². The molecular weight excluding hydrogens is 416 g/mol. The monoisotopic (exact) mass is 437 g/mol. The molecule has 0 atom stereocenters. The molecule has 8 nitrogen and oxygen atoms in total. The number of hydrogen-bond donors (Lipinski definition) is 3. The van der Waals surface area contributed by atoms with Gasteiger partial charge in [0.15, 0.2) is 17.3 Å². The molecule has 3 aromatic rings. The van der Waals surface area contributed by atoms with E-state index in [2.05, 4.69) is 25.9 Å². The molecule has 1 saturated carbocycles. The number of carbonyl (C=O) groups excluding carboxylic acids is 1. The van der Waals surface area contributed by atoms with Gasteiger partial charge in [-0.1, -0.05) is 6.07 Å². The fourth-order valence-corrected chi connectivity index (χ4v) is 3.32. The molecule has 1 aliphatic carbocycles. The summed E-state index contributed by atoms with van der Waals surface area (Å²) in [4.78, 5) is 17.3. The molecule has 32 heavy (non-hydrogen) atoms. The molecule has 3 N–H and O–H groups in total. The minimum atomic E-state index is -0.916. The maximum atomic E-state index is 13.5. The lowest BCUT2D eigenvalue weighted by atomic mass is 10.1. The summed E-state index contributed by atoms with van der Waals surface area (Å²) in [5.41, 5.74) is 4.77. The number of benzene rings is 1. The van der Waals surface area contributed by atoms with Crippen molar-refractivity contribution >= 4 is 24.0 Å². The van der Waals surface area contributed by atoms with Crippen LogP contribution in [0.25, 0.3) is 11.1 Å². The molecule has 1 aromatic carbocycles. The molecule has 0 spiro atoms. The zero-order valence-electron chi connectivity index (χ0n) is 17.3. The smallest absolute Gasteiger partial charge is 0.272 e. The first kappa shape index (κ1) is 21.3. The molecule has 10 heteroatoms. The van der Waals surface area contributed by atoms with Crippen molar-refractivity contribution in [3.05, 3.63) is 65.7 Å². The van der Waals surface area contributed by atoms with Gasteiger partial charge in [-0.2, -0.15) is 10.2 Å². The van der Waals surface area contributed by atoms with E-state index in [-0.39, 0.29) is 11.6 Å². The van der Waals surface area contributed by atoms with Crippen LogP contribution in [0.1, 0.15) is 29.0 Å². The van der Waals surface area contributed by atoms with E-state index in [1.54, 1.807) is 36.1 Å². The Kier molecular flexibility index (Phi) is 5.76. The predicted molar refractivity (Wildman–Crippen MR) is 117 cm³/mol. The number of hydrazone groups is 1. The Morgan fingerprint density at radius 2 is 2.06 bits per heavy atom. The first-order valence-corrected chi connectivity index (χ1v) is 9.95. The van der Waals surface area contributed by atoms with Crippen molar-refractivity contribution in [3.8, 4) is 11.1 Å². The van der Waals surface area contributed by atoms with Crippen molar-refractivity contribution in [2.75, 3.05) is 5.43 Å². The standard InChI is InChI=1S/C22H21F2N7O/c1-14-2-5-19(30-26-9-8-25)20(28-14)21(32)29-22(6-7-22)13-31-12-16(11-27-31)15-3-4-17(23)18(24)10-15/h2-5,8-12,25,30H,6-7,13H2,1H3,(H,29,32)/b25-8?,26-9-. The van der Waals surface area contributed by atoms with E-state index in [1.165, 1.54) is 12.3 Å². The van der Waals surface area contributed by atoms with Gasteiger partial charge >= 0.3 is 0 Å². The molecule has 164 valence electrons. The van der Waals surface area contributed by atoms with E-state index in [4.69, 9.17) is 5.41 Å². The van der Waals surface area contributed by atoms with E-state index >= 15 is 0 Å². The fraction of sp³-hybridized carbons (Fsp3) is 0.227.